The molecule has 0 heterocycles. The minimum atomic E-state index is -3.77. The average molecular weight is 398 g/mol. The molecule has 0 spiro atoms. The third-order valence-corrected chi connectivity index (χ3v) is 5.54. The molecule has 0 aliphatic heterocycles. The molecule has 0 aliphatic carbocycles. The molecular formula is C18H20ClNO5S. The fourth-order valence-corrected chi connectivity index (χ4v) is 3.43. The maximum Gasteiger partial charge on any atom is 0.338 e. The Morgan fingerprint density at radius 1 is 1.12 bits per heavy atom. The first kappa shape index (κ1) is 20.2. The lowest BCUT2D eigenvalue weighted by molar-refractivity contribution is 0.0450. The second-order valence-corrected chi connectivity index (χ2v) is 7.87. The van der Waals surface area contributed by atoms with E-state index in [0.717, 1.165) is 16.9 Å². The van der Waals surface area contributed by atoms with Crippen LogP contribution in [0.3, 0.4) is 0 Å². The van der Waals surface area contributed by atoms with Crippen molar-refractivity contribution in [2.24, 2.45) is 0 Å². The van der Waals surface area contributed by atoms with E-state index in [1.807, 2.05) is 32.0 Å². The van der Waals surface area contributed by atoms with Crippen molar-refractivity contribution in [3.8, 4) is 5.75 Å². The zero-order valence-corrected chi connectivity index (χ0v) is 16.3. The van der Waals surface area contributed by atoms with Crippen molar-refractivity contribution in [2.75, 3.05) is 20.3 Å². The minimum Gasteiger partial charge on any atom is -0.490 e. The van der Waals surface area contributed by atoms with Crippen LogP contribution in [0.4, 0.5) is 0 Å². The summed E-state index contributed by atoms with van der Waals surface area (Å²) in [6.45, 7) is 4.11. The Balaban J connectivity index is 1.98. The molecule has 8 heteroatoms. The Kier molecular flexibility index (Phi) is 6.63. The predicted octanol–water partition coefficient (Wildman–Crippen LogP) is 3.10. The van der Waals surface area contributed by atoms with Crippen molar-refractivity contribution in [2.45, 2.75) is 18.7 Å². The number of halogens is 1. The van der Waals surface area contributed by atoms with Gasteiger partial charge in [-0.1, -0.05) is 23.7 Å². The van der Waals surface area contributed by atoms with E-state index in [0.29, 0.717) is 0 Å². The molecular weight excluding hydrogens is 378 g/mol. The van der Waals surface area contributed by atoms with Gasteiger partial charge >= 0.3 is 5.97 Å². The molecule has 2 aromatic carbocycles. The highest BCUT2D eigenvalue weighted by atomic mass is 35.5. The monoisotopic (exact) mass is 397 g/mol. The number of carbonyl (C=O) groups is 1. The van der Waals surface area contributed by atoms with Gasteiger partial charge in [0, 0.05) is 0 Å². The van der Waals surface area contributed by atoms with Crippen LogP contribution in [0.1, 0.15) is 21.5 Å². The summed E-state index contributed by atoms with van der Waals surface area (Å²) in [5.41, 5.74) is 2.15. The lowest BCUT2D eigenvalue weighted by atomic mass is 10.1. The van der Waals surface area contributed by atoms with E-state index in [2.05, 4.69) is 4.72 Å². The van der Waals surface area contributed by atoms with E-state index in [4.69, 9.17) is 21.1 Å². The smallest absolute Gasteiger partial charge is 0.338 e. The highest BCUT2D eigenvalue weighted by Crippen LogP contribution is 2.23. The van der Waals surface area contributed by atoms with Crippen molar-refractivity contribution < 1.29 is 22.7 Å². The van der Waals surface area contributed by atoms with Gasteiger partial charge in [0.25, 0.3) is 0 Å². The van der Waals surface area contributed by atoms with Gasteiger partial charge in [-0.25, -0.2) is 17.9 Å². The van der Waals surface area contributed by atoms with Gasteiger partial charge in [0.1, 0.15) is 23.9 Å². The number of esters is 1. The fraction of sp³-hybridized carbons (Fsp3) is 0.278. The lowest BCUT2D eigenvalue weighted by Crippen LogP contribution is -2.20. The van der Waals surface area contributed by atoms with E-state index in [1.165, 1.54) is 25.2 Å². The molecule has 0 saturated heterocycles. The normalized spacial score (nSPS) is 11.2. The third-order valence-electron chi connectivity index (χ3n) is 3.64. The van der Waals surface area contributed by atoms with Gasteiger partial charge in [-0.05, 0) is 56.3 Å². The maximum absolute atomic E-state index is 12.1. The van der Waals surface area contributed by atoms with Crippen LogP contribution in [0.25, 0.3) is 0 Å². The summed E-state index contributed by atoms with van der Waals surface area (Å²) >= 11 is 5.90. The molecule has 0 aromatic heterocycles. The molecule has 6 nitrogen and oxygen atoms in total. The van der Waals surface area contributed by atoms with Gasteiger partial charge in [0.05, 0.1) is 10.6 Å². The number of benzene rings is 2. The van der Waals surface area contributed by atoms with Crippen molar-refractivity contribution in [3.63, 3.8) is 0 Å². The zero-order chi connectivity index (χ0) is 19.3. The maximum atomic E-state index is 12.1. The molecule has 0 atom stereocenters. The predicted molar refractivity (Wildman–Crippen MR) is 99.4 cm³/mol. The first-order chi connectivity index (χ1) is 12.2. The Bertz CT molecular complexity index is 912. The number of hydrogen-bond acceptors (Lipinski definition) is 5. The summed E-state index contributed by atoms with van der Waals surface area (Å²) in [4.78, 5) is 11.9. The van der Waals surface area contributed by atoms with Crippen LogP contribution in [0.5, 0.6) is 5.75 Å². The molecule has 0 bridgehead atoms. The first-order valence-corrected chi connectivity index (χ1v) is 9.71. The molecule has 26 heavy (non-hydrogen) atoms. The van der Waals surface area contributed by atoms with E-state index in [1.54, 1.807) is 0 Å². The Morgan fingerprint density at radius 2 is 1.85 bits per heavy atom. The number of ether oxygens (including phenoxy) is 2. The molecule has 2 aromatic rings. The van der Waals surface area contributed by atoms with Gasteiger partial charge in [0.15, 0.2) is 0 Å². The van der Waals surface area contributed by atoms with Gasteiger partial charge in [-0.2, -0.15) is 0 Å². The van der Waals surface area contributed by atoms with Crippen LogP contribution in [0, 0.1) is 13.8 Å². The molecule has 0 aliphatic rings. The van der Waals surface area contributed by atoms with Gasteiger partial charge in [-0.15, -0.1) is 0 Å². The second kappa shape index (κ2) is 8.53. The fourth-order valence-electron chi connectivity index (χ4n) is 2.18. The van der Waals surface area contributed by atoms with Gasteiger partial charge < -0.3 is 9.47 Å². The molecule has 1 N–H and O–H groups in total. The van der Waals surface area contributed by atoms with Crippen molar-refractivity contribution in [1.82, 2.24) is 4.72 Å². The summed E-state index contributed by atoms with van der Waals surface area (Å²) in [5, 5.41) is 0.0224. The topological polar surface area (TPSA) is 81.7 Å². The summed E-state index contributed by atoms with van der Waals surface area (Å²) in [5.74, 6) is 0.0775. The summed E-state index contributed by atoms with van der Waals surface area (Å²) in [6.07, 6.45) is 0. The second-order valence-electron chi connectivity index (χ2n) is 5.61. The third kappa shape index (κ3) is 4.97. The Hall–Kier alpha value is -2.09. The van der Waals surface area contributed by atoms with E-state index < -0.39 is 16.0 Å². The van der Waals surface area contributed by atoms with Crippen molar-refractivity contribution >= 4 is 27.6 Å². The standard InChI is InChI=1S/C18H20ClNO5S/c1-12-4-5-13(2)16(10-12)24-8-9-25-18(21)14-6-7-15(19)17(11-14)26(22,23)20-3/h4-7,10-11,20H,8-9H2,1-3H3. The number of hydrogen-bond donors (Lipinski definition) is 1. The van der Waals surface area contributed by atoms with Crippen LogP contribution in [0.2, 0.25) is 5.02 Å². The van der Waals surface area contributed by atoms with Crippen molar-refractivity contribution in [1.29, 1.82) is 0 Å². The van der Waals surface area contributed by atoms with Gasteiger partial charge in [-0.3, -0.25) is 0 Å². The Labute approximate surface area is 158 Å². The molecule has 0 unspecified atom stereocenters. The number of carbonyl (C=O) groups excluding carboxylic acids is 1. The highest BCUT2D eigenvalue weighted by Gasteiger charge is 2.19. The summed E-state index contributed by atoms with van der Waals surface area (Å²) in [7, 11) is -2.50. The molecule has 2 rings (SSSR count). The highest BCUT2D eigenvalue weighted by molar-refractivity contribution is 7.89. The Morgan fingerprint density at radius 3 is 2.54 bits per heavy atom. The largest absolute Gasteiger partial charge is 0.490 e. The van der Waals surface area contributed by atoms with Crippen LogP contribution >= 0.6 is 11.6 Å². The van der Waals surface area contributed by atoms with E-state index >= 15 is 0 Å². The number of sulfonamides is 1. The first-order valence-electron chi connectivity index (χ1n) is 7.85. The van der Waals surface area contributed by atoms with E-state index in [-0.39, 0.29) is 28.7 Å². The molecule has 0 radical (unpaired) electrons. The quantitative estimate of drug-likeness (QED) is 0.573. The SMILES string of the molecule is CNS(=O)(=O)c1cc(C(=O)OCCOc2cc(C)ccc2C)ccc1Cl. The zero-order valence-electron chi connectivity index (χ0n) is 14.7. The van der Waals surface area contributed by atoms with Crippen LogP contribution in [-0.4, -0.2) is 34.6 Å². The molecule has 0 saturated carbocycles. The lowest BCUT2D eigenvalue weighted by Gasteiger charge is -2.11. The molecule has 0 fully saturated rings. The molecule has 140 valence electrons. The number of rotatable bonds is 7. The average Bonchev–Trinajstić information content (AvgIpc) is 2.61. The molecule has 0 amide bonds. The number of aryl methyl sites for hydroxylation is 2. The van der Waals surface area contributed by atoms with Crippen LogP contribution in [-0.2, 0) is 14.8 Å². The summed E-state index contributed by atoms with van der Waals surface area (Å²) in [6, 6.07) is 9.78. The van der Waals surface area contributed by atoms with Crippen LogP contribution in [0.15, 0.2) is 41.3 Å². The summed E-state index contributed by atoms with van der Waals surface area (Å²) < 4.78 is 36.7. The van der Waals surface area contributed by atoms with Crippen LogP contribution < -0.4 is 9.46 Å². The minimum absolute atomic E-state index is 0.0224. The number of nitrogens with one attached hydrogen (secondary N) is 1. The van der Waals surface area contributed by atoms with Crippen molar-refractivity contribution in [3.05, 3.63) is 58.1 Å². The van der Waals surface area contributed by atoms with Gasteiger partial charge in [0.2, 0.25) is 10.0 Å². The van der Waals surface area contributed by atoms with E-state index in [9.17, 15) is 13.2 Å².